The van der Waals surface area contributed by atoms with Gasteiger partial charge >= 0.3 is 12.0 Å². The Hall–Kier alpha value is -2.12. The van der Waals surface area contributed by atoms with Crippen molar-refractivity contribution in [2.45, 2.75) is 26.5 Å². The molecule has 7 heteroatoms. The Morgan fingerprint density at radius 3 is 2.76 bits per heavy atom. The molecule has 25 heavy (non-hydrogen) atoms. The van der Waals surface area contributed by atoms with E-state index in [0.29, 0.717) is 45.9 Å². The molecule has 0 aliphatic carbocycles. The van der Waals surface area contributed by atoms with Crippen LogP contribution >= 0.6 is 0 Å². The number of benzene rings is 1. The normalized spacial score (nSPS) is 16.8. The highest BCUT2D eigenvalue weighted by molar-refractivity contribution is 5.77. The molecular weight excluding hydrogens is 324 g/mol. The van der Waals surface area contributed by atoms with Gasteiger partial charge in [0.15, 0.2) is 0 Å². The highest BCUT2D eigenvalue weighted by atomic mass is 16.5. The Morgan fingerprint density at radius 2 is 2.04 bits per heavy atom. The molecular formula is C18H26N2O5. The van der Waals surface area contributed by atoms with Gasteiger partial charge in [-0.15, -0.1) is 0 Å². The second-order valence-corrected chi connectivity index (χ2v) is 6.00. The summed E-state index contributed by atoms with van der Waals surface area (Å²) in [6.07, 6.45) is 0.511. The summed E-state index contributed by atoms with van der Waals surface area (Å²) in [4.78, 5) is 24.6. The van der Waals surface area contributed by atoms with E-state index in [0.717, 1.165) is 11.1 Å². The molecule has 2 N–H and O–H groups in total. The SMILES string of the molecule is CCOCCOCc1cccc(CNC(=O)N2CCC(C(=O)O)C2)c1. The molecule has 1 aromatic rings. The van der Waals surface area contributed by atoms with Gasteiger partial charge in [0, 0.05) is 26.2 Å². The molecule has 1 atom stereocenters. The molecule has 1 fully saturated rings. The van der Waals surface area contributed by atoms with Crippen LogP contribution in [0.1, 0.15) is 24.5 Å². The number of nitrogens with one attached hydrogen (secondary N) is 1. The Morgan fingerprint density at radius 1 is 1.28 bits per heavy atom. The van der Waals surface area contributed by atoms with E-state index in [2.05, 4.69) is 5.32 Å². The van der Waals surface area contributed by atoms with Crippen LogP contribution < -0.4 is 5.32 Å². The Labute approximate surface area is 147 Å². The summed E-state index contributed by atoms with van der Waals surface area (Å²) in [5.41, 5.74) is 2.02. The molecule has 2 rings (SSSR count). The topological polar surface area (TPSA) is 88.1 Å². The predicted octanol–water partition coefficient (Wildman–Crippen LogP) is 1.86. The average Bonchev–Trinajstić information content (AvgIpc) is 3.10. The van der Waals surface area contributed by atoms with Crippen LogP contribution in [0.5, 0.6) is 0 Å². The quantitative estimate of drug-likeness (QED) is 0.664. The van der Waals surface area contributed by atoms with E-state index in [1.807, 2.05) is 31.2 Å². The number of rotatable bonds is 9. The molecule has 1 unspecified atom stereocenters. The molecule has 2 amide bonds. The van der Waals surface area contributed by atoms with E-state index in [4.69, 9.17) is 14.6 Å². The lowest BCUT2D eigenvalue weighted by Gasteiger charge is -2.17. The van der Waals surface area contributed by atoms with Crippen molar-refractivity contribution >= 4 is 12.0 Å². The smallest absolute Gasteiger partial charge is 0.317 e. The van der Waals surface area contributed by atoms with Crippen molar-refractivity contribution in [2.75, 3.05) is 32.9 Å². The number of amides is 2. The number of aliphatic carboxylic acids is 1. The monoisotopic (exact) mass is 350 g/mol. The van der Waals surface area contributed by atoms with E-state index >= 15 is 0 Å². The standard InChI is InChI=1S/C18H26N2O5/c1-2-24-8-9-25-13-15-5-3-4-14(10-15)11-19-18(23)20-7-6-16(12-20)17(21)22/h3-5,10,16H,2,6-9,11-13H2,1H3,(H,19,23)(H,21,22). The van der Waals surface area contributed by atoms with Gasteiger partial charge in [0.2, 0.25) is 0 Å². The molecule has 1 heterocycles. The van der Waals surface area contributed by atoms with Crippen molar-refractivity contribution in [3.63, 3.8) is 0 Å². The number of hydrogen-bond donors (Lipinski definition) is 2. The third kappa shape index (κ3) is 6.36. The van der Waals surface area contributed by atoms with Gasteiger partial charge in [-0.2, -0.15) is 0 Å². The highest BCUT2D eigenvalue weighted by Gasteiger charge is 2.30. The van der Waals surface area contributed by atoms with Gasteiger partial charge in [0.1, 0.15) is 0 Å². The average molecular weight is 350 g/mol. The van der Waals surface area contributed by atoms with Crippen molar-refractivity contribution in [1.82, 2.24) is 10.2 Å². The van der Waals surface area contributed by atoms with Crippen LogP contribution in [-0.2, 0) is 27.4 Å². The van der Waals surface area contributed by atoms with Gasteiger partial charge in [-0.1, -0.05) is 24.3 Å². The summed E-state index contributed by atoms with van der Waals surface area (Å²) < 4.78 is 10.8. The first kappa shape index (κ1) is 19.2. The van der Waals surface area contributed by atoms with E-state index in [-0.39, 0.29) is 12.6 Å². The number of carbonyl (C=O) groups is 2. The minimum Gasteiger partial charge on any atom is -0.481 e. The van der Waals surface area contributed by atoms with Crippen LogP contribution in [0.4, 0.5) is 4.79 Å². The summed E-state index contributed by atoms with van der Waals surface area (Å²) in [6.45, 7) is 5.42. The van der Waals surface area contributed by atoms with Crippen molar-refractivity contribution < 1.29 is 24.2 Å². The number of ether oxygens (including phenoxy) is 2. The Kier molecular flexibility index (Phi) is 7.69. The number of carboxylic acid groups (broad SMARTS) is 1. The zero-order valence-corrected chi connectivity index (χ0v) is 14.6. The second-order valence-electron chi connectivity index (χ2n) is 6.00. The lowest BCUT2D eigenvalue weighted by Crippen LogP contribution is -2.38. The van der Waals surface area contributed by atoms with E-state index in [1.165, 1.54) is 0 Å². The maximum absolute atomic E-state index is 12.1. The summed E-state index contributed by atoms with van der Waals surface area (Å²) in [5, 5.41) is 11.8. The summed E-state index contributed by atoms with van der Waals surface area (Å²) >= 11 is 0. The van der Waals surface area contributed by atoms with Gasteiger partial charge < -0.3 is 24.8 Å². The number of urea groups is 1. The first-order chi connectivity index (χ1) is 12.1. The second kappa shape index (κ2) is 10.0. The van der Waals surface area contributed by atoms with E-state index in [9.17, 15) is 9.59 Å². The fourth-order valence-corrected chi connectivity index (χ4v) is 2.72. The molecule has 0 radical (unpaired) electrons. The largest absolute Gasteiger partial charge is 0.481 e. The maximum Gasteiger partial charge on any atom is 0.317 e. The fourth-order valence-electron chi connectivity index (χ4n) is 2.72. The van der Waals surface area contributed by atoms with Crippen molar-refractivity contribution in [2.24, 2.45) is 5.92 Å². The molecule has 1 aliphatic heterocycles. The third-order valence-electron chi connectivity index (χ3n) is 4.10. The number of nitrogens with zero attached hydrogens (tertiary/aromatic N) is 1. The van der Waals surface area contributed by atoms with Crippen LogP contribution in [0.2, 0.25) is 0 Å². The number of hydrogen-bond acceptors (Lipinski definition) is 4. The van der Waals surface area contributed by atoms with Crippen LogP contribution in [-0.4, -0.2) is 54.9 Å². The van der Waals surface area contributed by atoms with Gasteiger partial charge in [-0.25, -0.2) is 4.79 Å². The predicted molar refractivity (Wildman–Crippen MR) is 92.1 cm³/mol. The molecule has 0 bridgehead atoms. The molecule has 1 saturated heterocycles. The zero-order valence-electron chi connectivity index (χ0n) is 14.6. The molecule has 7 nitrogen and oxygen atoms in total. The van der Waals surface area contributed by atoms with Gasteiger partial charge in [-0.3, -0.25) is 4.79 Å². The number of carbonyl (C=O) groups excluding carboxylic acids is 1. The van der Waals surface area contributed by atoms with Crippen LogP contribution in [0, 0.1) is 5.92 Å². The first-order valence-corrected chi connectivity index (χ1v) is 8.59. The van der Waals surface area contributed by atoms with Crippen LogP contribution in [0.15, 0.2) is 24.3 Å². The lowest BCUT2D eigenvalue weighted by atomic mass is 10.1. The molecule has 0 aromatic heterocycles. The maximum atomic E-state index is 12.1. The first-order valence-electron chi connectivity index (χ1n) is 8.59. The highest BCUT2D eigenvalue weighted by Crippen LogP contribution is 2.16. The van der Waals surface area contributed by atoms with Gasteiger partial charge in [0.25, 0.3) is 0 Å². The summed E-state index contributed by atoms with van der Waals surface area (Å²) in [5.74, 6) is -1.30. The van der Waals surface area contributed by atoms with Crippen LogP contribution in [0.3, 0.4) is 0 Å². The zero-order chi connectivity index (χ0) is 18.1. The molecule has 1 aliphatic rings. The summed E-state index contributed by atoms with van der Waals surface area (Å²) in [6, 6.07) is 7.62. The minimum atomic E-state index is -0.840. The van der Waals surface area contributed by atoms with E-state index in [1.54, 1.807) is 4.90 Å². The van der Waals surface area contributed by atoms with E-state index < -0.39 is 11.9 Å². The number of carboxylic acids is 1. The molecule has 0 saturated carbocycles. The van der Waals surface area contributed by atoms with Gasteiger partial charge in [-0.05, 0) is 24.5 Å². The molecule has 138 valence electrons. The van der Waals surface area contributed by atoms with Crippen molar-refractivity contribution in [3.05, 3.63) is 35.4 Å². The van der Waals surface area contributed by atoms with Gasteiger partial charge in [0.05, 0.1) is 25.7 Å². The van der Waals surface area contributed by atoms with Crippen LogP contribution in [0.25, 0.3) is 0 Å². The Balaban J connectivity index is 1.74. The van der Waals surface area contributed by atoms with Crippen molar-refractivity contribution in [3.8, 4) is 0 Å². The lowest BCUT2D eigenvalue weighted by molar-refractivity contribution is -0.141. The molecule has 1 aromatic carbocycles. The minimum absolute atomic E-state index is 0.220. The number of likely N-dealkylation sites (tertiary alicyclic amines) is 1. The third-order valence-corrected chi connectivity index (χ3v) is 4.10. The Bertz CT molecular complexity index is 578. The molecule has 0 spiro atoms. The summed E-state index contributed by atoms with van der Waals surface area (Å²) in [7, 11) is 0. The van der Waals surface area contributed by atoms with Crippen molar-refractivity contribution in [1.29, 1.82) is 0 Å². The fraction of sp³-hybridized carbons (Fsp3) is 0.556.